The summed E-state index contributed by atoms with van der Waals surface area (Å²) in [6, 6.07) is 7.73. The Kier molecular flexibility index (Phi) is 6.62. The fraction of sp³-hybridized carbons (Fsp3) is 0.391. The molecule has 0 unspecified atom stereocenters. The fourth-order valence-electron chi connectivity index (χ4n) is 4.05. The highest BCUT2D eigenvalue weighted by atomic mass is 16.4. The molecule has 0 spiro atoms. The van der Waals surface area contributed by atoms with Crippen LogP contribution in [0.2, 0.25) is 0 Å². The lowest BCUT2D eigenvalue weighted by Gasteiger charge is -2.28. The molecule has 3 N–H and O–H groups in total. The monoisotopic (exact) mass is 450 g/mol. The number of nitrogens with one attached hydrogen (secondary N) is 2. The standard InChI is InChI=1S/C23H26N6O4/c1-13-14(2)25-19(12-24-13)27-23-29-28-22(33-23)21(32)26-18-9-7-17(8-10-18)16-5-3-15(4-6-16)11-20(30)31/h7-10,12,15-16H,3-6,11H2,1-2H3,(H,26,32)(H,30,31)(H,25,27,29)/t15-,16-. The lowest BCUT2D eigenvalue weighted by molar-refractivity contribution is -0.138. The van der Waals surface area contributed by atoms with Crippen LogP contribution in [0.25, 0.3) is 0 Å². The number of hydrogen-bond donors (Lipinski definition) is 3. The summed E-state index contributed by atoms with van der Waals surface area (Å²) in [5.74, 6) is -0.271. The van der Waals surface area contributed by atoms with Gasteiger partial charge in [-0.05, 0) is 69.1 Å². The van der Waals surface area contributed by atoms with E-state index in [1.54, 1.807) is 6.20 Å². The van der Waals surface area contributed by atoms with Crippen molar-refractivity contribution < 1.29 is 19.1 Å². The third kappa shape index (κ3) is 5.71. The van der Waals surface area contributed by atoms with Crippen molar-refractivity contribution in [3.63, 3.8) is 0 Å². The van der Waals surface area contributed by atoms with E-state index >= 15 is 0 Å². The first-order chi connectivity index (χ1) is 15.9. The number of carbonyl (C=O) groups excluding carboxylic acids is 1. The normalized spacial score (nSPS) is 18.0. The van der Waals surface area contributed by atoms with Crippen molar-refractivity contribution in [2.45, 2.75) is 51.9 Å². The minimum absolute atomic E-state index is 0.0477. The zero-order valence-corrected chi connectivity index (χ0v) is 18.5. The Hall–Kier alpha value is -3.82. The van der Waals surface area contributed by atoms with Crippen molar-refractivity contribution in [2.75, 3.05) is 10.6 Å². The molecular weight excluding hydrogens is 424 g/mol. The average molecular weight is 450 g/mol. The molecule has 1 aromatic carbocycles. The Morgan fingerprint density at radius 1 is 1.06 bits per heavy atom. The predicted octanol–water partition coefficient (Wildman–Crippen LogP) is 4.22. The smallest absolute Gasteiger partial charge is 0.321 e. The first-order valence-corrected chi connectivity index (χ1v) is 10.9. The second kappa shape index (κ2) is 9.76. The van der Waals surface area contributed by atoms with Crippen LogP contribution in [0.3, 0.4) is 0 Å². The number of amides is 1. The summed E-state index contributed by atoms with van der Waals surface area (Å²) in [6.07, 6.45) is 5.61. The number of nitrogens with zero attached hydrogens (tertiary/aromatic N) is 4. The molecule has 0 radical (unpaired) electrons. The SMILES string of the molecule is Cc1ncc(Nc2nnc(C(=O)Nc3ccc([C@H]4CC[C@H](CC(=O)O)CC4)cc3)o2)nc1C. The molecule has 3 aromatic rings. The highest BCUT2D eigenvalue weighted by Gasteiger charge is 2.24. The highest BCUT2D eigenvalue weighted by molar-refractivity contribution is 6.00. The van der Waals surface area contributed by atoms with E-state index in [0.29, 0.717) is 17.4 Å². The summed E-state index contributed by atoms with van der Waals surface area (Å²) in [4.78, 5) is 31.9. The van der Waals surface area contributed by atoms with Crippen LogP contribution < -0.4 is 10.6 Å². The number of carbonyl (C=O) groups is 2. The number of anilines is 3. The van der Waals surface area contributed by atoms with Crippen molar-refractivity contribution in [1.29, 1.82) is 0 Å². The van der Waals surface area contributed by atoms with Crippen molar-refractivity contribution in [1.82, 2.24) is 20.2 Å². The van der Waals surface area contributed by atoms with Crippen molar-refractivity contribution in [2.24, 2.45) is 5.92 Å². The zero-order chi connectivity index (χ0) is 23.4. The van der Waals surface area contributed by atoms with Gasteiger partial charge < -0.3 is 14.8 Å². The molecule has 0 bridgehead atoms. The minimum Gasteiger partial charge on any atom is -0.481 e. The van der Waals surface area contributed by atoms with Crippen LogP contribution in [-0.2, 0) is 4.79 Å². The van der Waals surface area contributed by atoms with E-state index < -0.39 is 11.9 Å². The van der Waals surface area contributed by atoms with Gasteiger partial charge >= 0.3 is 23.8 Å². The topological polar surface area (TPSA) is 143 Å². The fourth-order valence-corrected chi connectivity index (χ4v) is 4.05. The van der Waals surface area contributed by atoms with Crippen LogP contribution in [0.15, 0.2) is 34.9 Å². The van der Waals surface area contributed by atoms with E-state index in [0.717, 1.165) is 37.1 Å². The van der Waals surface area contributed by atoms with E-state index in [-0.39, 0.29) is 24.2 Å². The molecule has 2 aromatic heterocycles. The average Bonchev–Trinajstić information content (AvgIpc) is 3.26. The number of benzene rings is 1. The third-order valence-corrected chi connectivity index (χ3v) is 6.00. The highest BCUT2D eigenvalue weighted by Crippen LogP contribution is 2.37. The Balaban J connectivity index is 1.32. The largest absolute Gasteiger partial charge is 0.481 e. The van der Waals surface area contributed by atoms with Crippen LogP contribution in [-0.4, -0.2) is 37.1 Å². The van der Waals surface area contributed by atoms with Gasteiger partial charge in [0.25, 0.3) is 0 Å². The molecule has 1 amide bonds. The van der Waals surface area contributed by atoms with Gasteiger partial charge in [-0.25, -0.2) is 4.98 Å². The summed E-state index contributed by atoms with van der Waals surface area (Å²) in [6.45, 7) is 3.70. The summed E-state index contributed by atoms with van der Waals surface area (Å²) < 4.78 is 5.39. The summed E-state index contributed by atoms with van der Waals surface area (Å²) >= 11 is 0. The summed E-state index contributed by atoms with van der Waals surface area (Å²) in [5, 5.41) is 22.2. The summed E-state index contributed by atoms with van der Waals surface area (Å²) in [5.41, 5.74) is 3.41. The summed E-state index contributed by atoms with van der Waals surface area (Å²) in [7, 11) is 0. The van der Waals surface area contributed by atoms with E-state index in [1.807, 2.05) is 38.1 Å². The van der Waals surface area contributed by atoms with Crippen LogP contribution in [0.5, 0.6) is 0 Å². The Morgan fingerprint density at radius 3 is 2.45 bits per heavy atom. The first-order valence-electron chi connectivity index (χ1n) is 10.9. The van der Waals surface area contributed by atoms with Gasteiger partial charge in [0.05, 0.1) is 17.6 Å². The van der Waals surface area contributed by atoms with E-state index in [1.165, 1.54) is 5.56 Å². The predicted molar refractivity (Wildman–Crippen MR) is 120 cm³/mol. The van der Waals surface area contributed by atoms with E-state index in [2.05, 4.69) is 30.8 Å². The molecule has 2 heterocycles. The van der Waals surface area contributed by atoms with Gasteiger partial charge in [0, 0.05) is 12.1 Å². The molecular formula is C23H26N6O4. The maximum atomic E-state index is 12.5. The molecule has 0 saturated heterocycles. The van der Waals surface area contributed by atoms with Crippen LogP contribution in [0.1, 0.15) is 65.7 Å². The maximum absolute atomic E-state index is 12.5. The van der Waals surface area contributed by atoms with Gasteiger partial charge in [0.2, 0.25) is 0 Å². The van der Waals surface area contributed by atoms with Crippen molar-refractivity contribution in [3.05, 3.63) is 53.3 Å². The van der Waals surface area contributed by atoms with Gasteiger partial charge in [0.15, 0.2) is 5.82 Å². The molecule has 33 heavy (non-hydrogen) atoms. The minimum atomic E-state index is -0.721. The molecule has 1 aliphatic rings. The van der Waals surface area contributed by atoms with Gasteiger partial charge in [-0.15, -0.1) is 5.10 Å². The lowest BCUT2D eigenvalue weighted by Crippen LogP contribution is -2.16. The quantitative estimate of drug-likeness (QED) is 0.482. The van der Waals surface area contributed by atoms with Crippen LogP contribution in [0, 0.1) is 19.8 Å². The second-order valence-corrected chi connectivity index (χ2v) is 8.36. The Bertz CT molecular complexity index is 1140. The number of carboxylic acid groups (broad SMARTS) is 1. The number of aliphatic carboxylic acids is 1. The number of aryl methyl sites for hydroxylation is 2. The van der Waals surface area contributed by atoms with E-state index in [9.17, 15) is 9.59 Å². The van der Waals surface area contributed by atoms with Crippen LogP contribution in [0.4, 0.5) is 17.5 Å². The number of rotatable bonds is 7. The molecule has 10 nitrogen and oxygen atoms in total. The molecule has 4 rings (SSSR count). The van der Waals surface area contributed by atoms with E-state index in [4.69, 9.17) is 9.52 Å². The molecule has 1 saturated carbocycles. The first kappa shape index (κ1) is 22.4. The van der Waals surface area contributed by atoms with Crippen molar-refractivity contribution >= 4 is 29.4 Å². The van der Waals surface area contributed by atoms with Gasteiger partial charge in [0.1, 0.15) is 0 Å². The van der Waals surface area contributed by atoms with Gasteiger partial charge in [-0.1, -0.05) is 17.2 Å². The van der Waals surface area contributed by atoms with Crippen molar-refractivity contribution in [3.8, 4) is 0 Å². The van der Waals surface area contributed by atoms with Gasteiger partial charge in [-0.3, -0.25) is 19.9 Å². The van der Waals surface area contributed by atoms with Gasteiger partial charge in [-0.2, -0.15) is 0 Å². The number of aromatic nitrogens is 4. The van der Waals surface area contributed by atoms with Crippen LogP contribution >= 0.6 is 0 Å². The number of carboxylic acids is 1. The Labute approximate surface area is 190 Å². The second-order valence-electron chi connectivity index (χ2n) is 8.36. The Morgan fingerprint density at radius 2 is 1.79 bits per heavy atom. The lowest BCUT2D eigenvalue weighted by atomic mass is 9.77. The maximum Gasteiger partial charge on any atom is 0.321 e. The molecule has 0 atom stereocenters. The molecule has 172 valence electrons. The zero-order valence-electron chi connectivity index (χ0n) is 18.5. The number of hydrogen-bond acceptors (Lipinski definition) is 8. The molecule has 1 aliphatic carbocycles. The third-order valence-electron chi connectivity index (χ3n) is 6.00. The molecule has 1 fully saturated rings. The molecule has 10 heteroatoms. The molecule has 0 aliphatic heterocycles.